The van der Waals surface area contributed by atoms with Gasteiger partial charge in [0.25, 0.3) is 5.91 Å². The lowest BCUT2D eigenvalue weighted by molar-refractivity contribution is 0.0946. The molecule has 0 aliphatic carbocycles. The van der Waals surface area contributed by atoms with Crippen molar-refractivity contribution in [1.82, 2.24) is 10.5 Å². The van der Waals surface area contributed by atoms with E-state index >= 15 is 0 Å². The van der Waals surface area contributed by atoms with Gasteiger partial charge < -0.3 is 14.6 Å². The van der Waals surface area contributed by atoms with Crippen molar-refractivity contribution in [1.29, 1.82) is 0 Å². The number of hydrogen-bond acceptors (Lipinski definition) is 6. The van der Waals surface area contributed by atoms with Crippen LogP contribution >= 0.6 is 11.6 Å². The van der Waals surface area contributed by atoms with Crippen LogP contribution in [0.5, 0.6) is 5.75 Å². The number of nitrogens with one attached hydrogen (secondary N) is 1. The van der Waals surface area contributed by atoms with Gasteiger partial charge in [-0.3, -0.25) is 4.79 Å². The molecule has 3 aromatic rings. The molecular weight excluding hydrogens is 430 g/mol. The molecule has 3 N–H and O–H groups in total. The SMILES string of the molecule is Cc1noc(C)c1COc1cc(Cl)ccc1C(=O)NCc1ccc(S(N)(=O)=O)cc1. The number of hydrogen-bond donors (Lipinski definition) is 2. The molecule has 0 aliphatic rings. The second-order valence-corrected chi connectivity index (χ2v) is 8.60. The van der Waals surface area contributed by atoms with Crippen LogP contribution in [0.1, 0.15) is 32.9 Å². The van der Waals surface area contributed by atoms with E-state index in [1.165, 1.54) is 12.1 Å². The van der Waals surface area contributed by atoms with Crippen LogP contribution < -0.4 is 15.2 Å². The van der Waals surface area contributed by atoms with Crippen LogP contribution in [0, 0.1) is 13.8 Å². The zero-order chi connectivity index (χ0) is 21.9. The molecule has 1 amide bonds. The number of nitrogens with two attached hydrogens (primary N) is 1. The number of primary sulfonamides is 1. The van der Waals surface area contributed by atoms with Gasteiger partial charge in [0.2, 0.25) is 10.0 Å². The van der Waals surface area contributed by atoms with Crippen LogP contribution in [0.25, 0.3) is 0 Å². The van der Waals surface area contributed by atoms with Crippen molar-refractivity contribution in [2.75, 3.05) is 0 Å². The molecule has 1 aromatic heterocycles. The maximum atomic E-state index is 12.7. The van der Waals surface area contributed by atoms with Crippen LogP contribution in [0.15, 0.2) is 51.9 Å². The van der Waals surface area contributed by atoms with Crippen LogP contribution in [-0.2, 0) is 23.2 Å². The van der Waals surface area contributed by atoms with E-state index in [-0.39, 0.29) is 24.0 Å². The molecule has 0 fully saturated rings. The number of aryl methyl sites for hydroxylation is 2. The topological polar surface area (TPSA) is 125 Å². The van der Waals surface area contributed by atoms with Gasteiger partial charge in [0.05, 0.1) is 21.7 Å². The first-order valence-corrected chi connectivity index (χ1v) is 10.8. The Balaban J connectivity index is 1.71. The monoisotopic (exact) mass is 449 g/mol. The summed E-state index contributed by atoms with van der Waals surface area (Å²) in [5, 5.41) is 12.2. The first kappa shape index (κ1) is 21.8. The molecular formula is C20H20ClN3O5S. The van der Waals surface area contributed by atoms with Crippen molar-refractivity contribution in [2.45, 2.75) is 31.9 Å². The maximum Gasteiger partial charge on any atom is 0.255 e. The number of nitrogens with zero attached hydrogens (tertiary/aromatic N) is 1. The summed E-state index contributed by atoms with van der Waals surface area (Å²) < 4.78 is 33.6. The average Bonchev–Trinajstić information content (AvgIpc) is 3.02. The third-order valence-electron chi connectivity index (χ3n) is 4.45. The van der Waals surface area contributed by atoms with Gasteiger partial charge in [-0.2, -0.15) is 0 Å². The number of rotatable bonds is 7. The summed E-state index contributed by atoms with van der Waals surface area (Å²) in [6, 6.07) is 10.7. The van der Waals surface area contributed by atoms with E-state index in [1.54, 1.807) is 37.3 Å². The summed E-state index contributed by atoms with van der Waals surface area (Å²) in [6.07, 6.45) is 0. The number of aromatic nitrogens is 1. The molecule has 0 saturated carbocycles. The van der Waals surface area contributed by atoms with Crippen LogP contribution in [-0.4, -0.2) is 19.5 Å². The molecule has 158 valence electrons. The van der Waals surface area contributed by atoms with E-state index < -0.39 is 10.0 Å². The van der Waals surface area contributed by atoms with E-state index in [4.69, 9.17) is 26.0 Å². The molecule has 0 atom stereocenters. The summed E-state index contributed by atoms with van der Waals surface area (Å²) in [5.74, 6) is 0.601. The zero-order valence-corrected chi connectivity index (χ0v) is 17.9. The summed E-state index contributed by atoms with van der Waals surface area (Å²) >= 11 is 6.07. The van der Waals surface area contributed by atoms with Gasteiger partial charge in [-0.05, 0) is 49.7 Å². The van der Waals surface area contributed by atoms with Gasteiger partial charge in [-0.1, -0.05) is 28.9 Å². The molecule has 0 unspecified atom stereocenters. The second kappa shape index (κ2) is 8.86. The zero-order valence-electron chi connectivity index (χ0n) is 16.3. The fraction of sp³-hybridized carbons (Fsp3) is 0.200. The lowest BCUT2D eigenvalue weighted by Gasteiger charge is -2.12. The van der Waals surface area contributed by atoms with Gasteiger partial charge in [0.1, 0.15) is 18.1 Å². The molecule has 10 heteroatoms. The molecule has 30 heavy (non-hydrogen) atoms. The van der Waals surface area contributed by atoms with Crippen molar-refractivity contribution in [3.05, 3.63) is 75.6 Å². The predicted molar refractivity (Wildman–Crippen MR) is 111 cm³/mol. The number of amides is 1. The highest BCUT2D eigenvalue weighted by Crippen LogP contribution is 2.25. The highest BCUT2D eigenvalue weighted by molar-refractivity contribution is 7.89. The fourth-order valence-corrected chi connectivity index (χ4v) is 3.41. The van der Waals surface area contributed by atoms with E-state index in [0.717, 1.165) is 5.56 Å². The van der Waals surface area contributed by atoms with Gasteiger partial charge in [0, 0.05) is 11.6 Å². The van der Waals surface area contributed by atoms with Gasteiger partial charge in [-0.25, -0.2) is 13.6 Å². The Morgan fingerprint density at radius 1 is 1.20 bits per heavy atom. The van der Waals surface area contributed by atoms with Crippen LogP contribution in [0.4, 0.5) is 0 Å². The Morgan fingerprint density at radius 3 is 2.50 bits per heavy atom. The van der Waals surface area contributed by atoms with E-state index in [0.29, 0.717) is 33.4 Å². The minimum absolute atomic E-state index is 0.00490. The van der Waals surface area contributed by atoms with Gasteiger partial charge in [0.15, 0.2) is 0 Å². The van der Waals surface area contributed by atoms with E-state index in [2.05, 4.69) is 10.5 Å². The molecule has 2 aromatic carbocycles. The Morgan fingerprint density at radius 2 is 1.90 bits per heavy atom. The fourth-order valence-electron chi connectivity index (χ4n) is 2.74. The van der Waals surface area contributed by atoms with Crippen molar-refractivity contribution in [3.63, 3.8) is 0 Å². The number of benzene rings is 2. The molecule has 1 heterocycles. The molecule has 8 nitrogen and oxygen atoms in total. The normalized spacial score (nSPS) is 11.3. The highest BCUT2D eigenvalue weighted by atomic mass is 35.5. The Bertz CT molecular complexity index is 1150. The number of sulfonamides is 1. The second-order valence-electron chi connectivity index (χ2n) is 6.60. The first-order chi connectivity index (χ1) is 14.1. The number of carbonyl (C=O) groups excluding carboxylic acids is 1. The molecule has 0 radical (unpaired) electrons. The standard InChI is InChI=1S/C20H20ClN3O5S/c1-12-18(13(2)29-24-12)11-28-19-9-15(21)5-8-17(19)20(25)23-10-14-3-6-16(7-4-14)30(22,26)27/h3-9H,10-11H2,1-2H3,(H,23,25)(H2,22,26,27). The summed E-state index contributed by atoms with van der Waals surface area (Å²) in [6.45, 7) is 3.96. The van der Waals surface area contributed by atoms with Crippen molar-refractivity contribution in [2.24, 2.45) is 5.14 Å². The molecule has 3 rings (SSSR count). The van der Waals surface area contributed by atoms with Gasteiger partial charge >= 0.3 is 0 Å². The molecule has 0 spiro atoms. The van der Waals surface area contributed by atoms with Crippen molar-refractivity contribution < 1.29 is 22.5 Å². The summed E-state index contributed by atoms with van der Waals surface area (Å²) in [5.41, 5.74) is 2.54. The Labute approximate surface area is 179 Å². The summed E-state index contributed by atoms with van der Waals surface area (Å²) in [4.78, 5) is 12.7. The quantitative estimate of drug-likeness (QED) is 0.571. The molecule has 0 saturated heterocycles. The smallest absolute Gasteiger partial charge is 0.255 e. The van der Waals surface area contributed by atoms with Crippen LogP contribution in [0.3, 0.4) is 0 Å². The largest absolute Gasteiger partial charge is 0.488 e. The molecule has 0 bridgehead atoms. The summed E-state index contributed by atoms with van der Waals surface area (Å²) in [7, 11) is -3.76. The molecule has 0 aliphatic heterocycles. The van der Waals surface area contributed by atoms with Gasteiger partial charge in [-0.15, -0.1) is 0 Å². The van der Waals surface area contributed by atoms with Crippen molar-refractivity contribution in [3.8, 4) is 5.75 Å². The third-order valence-corrected chi connectivity index (χ3v) is 5.61. The third kappa shape index (κ3) is 5.18. The van der Waals surface area contributed by atoms with Crippen LogP contribution in [0.2, 0.25) is 5.02 Å². The number of ether oxygens (including phenoxy) is 1. The highest BCUT2D eigenvalue weighted by Gasteiger charge is 2.16. The number of halogens is 1. The minimum Gasteiger partial charge on any atom is -0.488 e. The van der Waals surface area contributed by atoms with Crippen molar-refractivity contribution >= 4 is 27.5 Å². The number of carbonyl (C=O) groups is 1. The maximum absolute atomic E-state index is 12.7. The Hall–Kier alpha value is -2.88. The lowest BCUT2D eigenvalue weighted by Crippen LogP contribution is -2.23. The van der Waals surface area contributed by atoms with E-state index in [1.807, 2.05) is 6.92 Å². The Kier molecular flexibility index (Phi) is 6.45. The lowest BCUT2D eigenvalue weighted by atomic mass is 10.1. The average molecular weight is 450 g/mol. The minimum atomic E-state index is -3.76. The predicted octanol–water partition coefficient (Wildman–Crippen LogP) is 3.10. The first-order valence-electron chi connectivity index (χ1n) is 8.89. The van der Waals surface area contributed by atoms with E-state index in [9.17, 15) is 13.2 Å².